The fourth-order valence-corrected chi connectivity index (χ4v) is 5.58. The van der Waals surface area contributed by atoms with E-state index in [4.69, 9.17) is 4.52 Å². The minimum atomic E-state index is -4.41. The number of nitrogens with one attached hydrogen (secondary N) is 4. The van der Waals surface area contributed by atoms with E-state index in [0.717, 1.165) is 16.8 Å². The molecule has 1 aromatic carbocycles. The molecule has 1 amide bonds. The highest BCUT2D eigenvalue weighted by atomic mass is 32.2. The zero-order chi connectivity index (χ0) is 29.4. The highest BCUT2D eigenvalue weighted by Crippen LogP contribution is 2.23. The van der Waals surface area contributed by atoms with Crippen LogP contribution in [0.25, 0.3) is 10.9 Å². The number of fused-ring (bicyclic) bond motifs is 1. The van der Waals surface area contributed by atoms with Gasteiger partial charge in [-0.1, -0.05) is 5.16 Å². The number of hydrogen-bond donors (Lipinski definition) is 5. The molecular weight excluding hydrogens is 556 g/mol. The number of anilines is 1. The van der Waals surface area contributed by atoms with Crippen LogP contribution >= 0.6 is 0 Å². The van der Waals surface area contributed by atoms with Gasteiger partial charge in [-0.05, 0) is 19.9 Å². The maximum absolute atomic E-state index is 15.3. The molecular formula is C23H23F2N7O7S. The van der Waals surface area contributed by atoms with Crippen LogP contribution in [0, 0.1) is 25.5 Å². The first kappa shape index (κ1) is 28.4. The number of halogens is 2. The number of carboxylic acid groups (broad SMARTS) is 1. The van der Waals surface area contributed by atoms with Gasteiger partial charge in [0.1, 0.15) is 28.0 Å². The van der Waals surface area contributed by atoms with Crippen molar-refractivity contribution in [3.8, 4) is 0 Å². The number of nitrogens with zero attached hydrogens (tertiary/aromatic N) is 3. The van der Waals surface area contributed by atoms with Gasteiger partial charge >= 0.3 is 5.97 Å². The maximum atomic E-state index is 15.3. The number of aryl methyl sites for hydroxylation is 3. The number of carboxylic acids is 1. The average molecular weight is 580 g/mol. The molecule has 212 valence electrons. The van der Waals surface area contributed by atoms with Crippen LogP contribution in [0.5, 0.6) is 0 Å². The highest BCUT2D eigenvalue weighted by molar-refractivity contribution is 7.89. The number of H-pyrrole nitrogens is 1. The number of sulfonamides is 1. The molecule has 0 saturated heterocycles. The number of aromatic amines is 1. The predicted octanol–water partition coefficient (Wildman–Crippen LogP) is 0.918. The van der Waals surface area contributed by atoms with Crippen molar-refractivity contribution in [1.82, 2.24) is 29.7 Å². The lowest BCUT2D eigenvalue weighted by molar-refractivity contribution is -0.138. The fourth-order valence-electron chi connectivity index (χ4n) is 4.06. The molecule has 0 aliphatic heterocycles. The van der Waals surface area contributed by atoms with Gasteiger partial charge in [0.25, 0.3) is 5.91 Å². The average Bonchev–Trinajstić information content (AvgIpc) is 3.52. The van der Waals surface area contributed by atoms with E-state index in [1.54, 1.807) is 0 Å². The van der Waals surface area contributed by atoms with E-state index in [9.17, 15) is 32.3 Å². The number of imidazole rings is 1. The summed E-state index contributed by atoms with van der Waals surface area (Å²) in [5.74, 6) is -4.58. The lowest BCUT2D eigenvalue weighted by Crippen LogP contribution is -2.48. The van der Waals surface area contributed by atoms with E-state index in [1.807, 2.05) is 4.72 Å². The summed E-state index contributed by atoms with van der Waals surface area (Å²) in [5.41, 5.74) is -2.21. The normalized spacial score (nSPS) is 12.4. The van der Waals surface area contributed by atoms with Crippen molar-refractivity contribution < 1.29 is 36.4 Å². The van der Waals surface area contributed by atoms with Crippen molar-refractivity contribution in [2.45, 2.75) is 31.3 Å². The molecule has 0 saturated carbocycles. The number of pyridine rings is 1. The molecule has 17 heteroatoms. The summed E-state index contributed by atoms with van der Waals surface area (Å²) in [5, 5.41) is 17.5. The van der Waals surface area contributed by atoms with Crippen molar-refractivity contribution in [2.75, 3.05) is 11.9 Å². The minimum absolute atomic E-state index is 0.00259. The van der Waals surface area contributed by atoms with Crippen molar-refractivity contribution in [3.05, 3.63) is 69.1 Å². The van der Waals surface area contributed by atoms with Crippen molar-refractivity contribution >= 4 is 38.8 Å². The van der Waals surface area contributed by atoms with E-state index >= 15 is 4.39 Å². The first-order valence-corrected chi connectivity index (χ1v) is 13.0. The lowest BCUT2D eigenvalue weighted by atomic mass is 10.1. The number of carbonyl (C=O) groups excluding carboxylic acids is 1. The van der Waals surface area contributed by atoms with Gasteiger partial charge in [-0.3, -0.25) is 14.4 Å². The van der Waals surface area contributed by atoms with Gasteiger partial charge in [0.2, 0.25) is 15.5 Å². The molecule has 0 aliphatic rings. The number of carbonyl (C=O) groups is 2. The van der Waals surface area contributed by atoms with Crippen LogP contribution in [-0.4, -0.2) is 57.7 Å². The van der Waals surface area contributed by atoms with Gasteiger partial charge in [-0.15, -0.1) is 0 Å². The number of benzene rings is 1. The second kappa shape index (κ2) is 10.9. The standard InChI is InChI=1S/C23H23F2N7O7S/c1-10-20(11(2)39-30-10)40(37,38)31-16(22(35)36)8-28-21(34)14-9-32(3)18-12(19(14)33)6-15(24)13(17(18)25)7-29-23-26-4-5-27-23/h4-6,9,16,31H,7-8H2,1-3H3,(H,28,34)(H,35,36)(H2,26,27,29). The quantitative estimate of drug-likeness (QED) is 0.180. The number of hydrogen-bond acceptors (Lipinski definition) is 9. The summed E-state index contributed by atoms with van der Waals surface area (Å²) in [4.78, 5) is 43.9. The van der Waals surface area contributed by atoms with Gasteiger partial charge in [0, 0.05) is 44.3 Å². The van der Waals surface area contributed by atoms with Gasteiger partial charge in [-0.2, -0.15) is 4.72 Å². The summed E-state index contributed by atoms with van der Waals surface area (Å²) in [6.07, 6.45) is 3.96. The zero-order valence-corrected chi connectivity index (χ0v) is 22.0. The molecule has 0 bridgehead atoms. The molecule has 0 spiro atoms. The van der Waals surface area contributed by atoms with Crippen molar-refractivity contribution in [2.24, 2.45) is 7.05 Å². The Hall–Kier alpha value is -4.64. The molecule has 14 nitrogen and oxygen atoms in total. The van der Waals surface area contributed by atoms with Gasteiger partial charge in [0.05, 0.1) is 10.9 Å². The molecule has 3 aromatic heterocycles. The SMILES string of the molecule is Cc1noc(C)c1S(=O)(=O)NC(CNC(=O)c1cn(C)c2c(F)c(CNc3ncc[nH]3)c(F)cc2c1=O)C(=O)O. The van der Waals surface area contributed by atoms with Crippen molar-refractivity contribution in [1.29, 1.82) is 0 Å². The molecule has 0 radical (unpaired) electrons. The molecule has 4 rings (SSSR count). The molecule has 3 heterocycles. The Morgan fingerprint density at radius 3 is 2.60 bits per heavy atom. The Balaban J connectivity index is 1.58. The Kier molecular flexibility index (Phi) is 7.70. The van der Waals surface area contributed by atoms with Gasteiger partial charge < -0.3 is 29.8 Å². The van der Waals surface area contributed by atoms with E-state index in [1.165, 1.54) is 33.3 Å². The number of rotatable bonds is 10. The smallest absolute Gasteiger partial charge is 0.323 e. The monoisotopic (exact) mass is 579 g/mol. The van der Waals surface area contributed by atoms with Crippen LogP contribution in [-0.2, 0) is 28.4 Å². The van der Waals surface area contributed by atoms with Crippen LogP contribution in [0.1, 0.15) is 27.4 Å². The van der Waals surface area contributed by atoms with E-state index in [2.05, 4.69) is 25.8 Å². The molecule has 1 atom stereocenters. The van der Waals surface area contributed by atoms with Crippen LogP contribution in [0.2, 0.25) is 0 Å². The van der Waals surface area contributed by atoms with Crippen LogP contribution in [0.4, 0.5) is 14.7 Å². The summed E-state index contributed by atoms with van der Waals surface area (Å²) >= 11 is 0. The maximum Gasteiger partial charge on any atom is 0.323 e. The molecule has 40 heavy (non-hydrogen) atoms. The lowest BCUT2D eigenvalue weighted by Gasteiger charge is -2.16. The highest BCUT2D eigenvalue weighted by Gasteiger charge is 2.31. The topological polar surface area (TPSA) is 201 Å². The van der Waals surface area contributed by atoms with Crippen LogP contribution in [0.15, 0.2) is 38.9 Å². The van der Waals surface area contributed by atoms with Gasteiger partial charge in [0.15, 0.2) is 17.5 Å². The molecule has 5 N–H and O–H groups in total. The van der Waals surface area contributed by atoms with Crippen LogP contribution < -0.4 is 20.8 Å². The molecule has 4 aromatic rings. The first-order chi connectivity index (χ1) is 18.8. The Morgan fingerprint density at radius 2 is 2.00 bits per heavy atom. The summed E-state index contributed by atoms with van der Waals surface area (Å²) in [6.45, 7) is 1.62. The Labute approximate surface area is 224 Å². The molecule has 1 unspecified atom stereocenters. The molecule has 0 fully saturated rings. The predicted molar refractivity (Wildman–Crippen MR) is 135 cm³/mol. The minimum Gasteiger partial charge on any atom is -0.480 e. The summed E-state index contributed by atoms with van der Waals surface area (Å²) < 4.78 is 63.4. The van der Waals surface area contributed by atoms with E-state index in [0.29, 0.717) is 0 Å². The Bertz CT molecular complexity index is 1760. The van der Waals surface area contributed by atoms with Crippen molar-refractivity contribution in [3.63, 3.8) is 0 Å². The van der Waals surface area contributed by atoms with Crippen LogP contribution in [0.3, 0.4) is 0 Å². The summed E-state index contributed by atoms with van der Waals surface area (Å²) in [7, 11) is -3.08. The first-order valence-electron chi connectivity index (χ1n) is 11.5. The number of aliphatic carboxylic acids is 1. The molecule has 0 aliphatic carbocycles. The second-order valence-corrected chi connectivity index (χ2v) is 10.3. The number of aromatic nitrogens is 4. The third-order valence-electron chi connectivity index (χ3n) is 5.93. The summed E-state index contributed by atoms with van der Waals surface area (Å²) in [6, 6.07) is -1.04. The Morgan fingerprint density at radius 1 is 1.27 bits per heavy atom. The largest absolute Gasteiger partial charge is 0.480 e. The van der Waals surface area contributed by atoms with E-state index in [-0.39, 0.29) is 39.9 Å². The fraction of sp³-hybridized carbons (Fsp3) is 0.261. The third-order valence-corrected chi connectivity index (χ3v) is 7.64. The van der Waals surface area contributed by atoms with Gasteiger partial charge in [-0.25, -0.2) is 22.2 Å². The third kappa shape index (κ3) is 5.41. The number of amides is 1. The zero-order valence-electron chi connectivity index (χ0n) is 21.2. The second-order valence-electron chi connectivity index (χ2n) is 8.70. The van der Waals surface area contributed by atoms with E-state index < -0.39 is 62.5 Å².